The van der Waals surface area contributed by atoms with E-state index in [1.165, 1.54) is 12.8 Å². The molecule has 1 fully saturated rings. The summed E-state index contributed by atoms with van der Waals surface area (Å²) in [6.07, 6.45) is 6.77. The summed E-state index contributed by atoms with van der Waals surface area (Å²) in [5.74, 6) is 3.13. The molecule has 0 radical (unpaired) electrons. The molecule has 4 rings (SSSR count). The first-order valence-corrected chi connectivity index (χ1v) is 11.1. The van der Waals surface area contributed by atoms with Crippen LogP contribution in [0, 0.1) is 0 Å². The Morgan fingerprint density at radius 2 is 1.84 bits per heavy atom. The quantitative estimate of drug-likeness (QED) is 0.365. The second kappa shape index (κ2) is 10.7. The van der Waals surface area contributed by atoms with Crippen molar-refractivity contribution in [2.45, 2.75) is 44.9 Å². The molecule has 0 atom stereocenters. The third-order valence-electron chi connectivity index (χ3n) is 5.67. The molecule has 0 unspecified atom stereocenters. The number of benzene rings is 2. The number of methoxy groups -OCH3 is 1. The summed E-state index contributed by atoms with van der Waals surface area (Å²) in [6, 6.07) is 16.2. The summed E-state index contributed by atoms with van der Waals surface area (Å²) >= 11 is 0. The van der Waals surface area contributed by atoms with Crippen LogP contribution < -0.4 is 20.1 Å². The second-order valence-electron chi connectivity index (χ2n) is 7.86. The summed E-state index contributed by atoms with van der Waals surface area (Å²) in [7, 11) is 3.44. The van der Waals surface area contributed by atoms with Gasteiger partial charge in [-0.05, 0) is 37.3 Å². The average molecular weight is 434 g/mol. The number of guanidine groups is 1. The van der Waals surface area contributed by atoms with Crippen molar-refractivity contribution < 1.29 is 9.47 Å². The molecule has 0 bridgehead atoms. The Morgan fingerprint density at radius 3 is 2.59 bits per heavy atom. The smallest absolute Gasteiger partial charge is 0.191 e. The maximum absolute atomic E-state index is 6.33. The lowest BCUT2D eigenvalue weighted by Crippen LogP contribution is -2.36. The first-order chi connectivity index (χ1) is 15.8. The van der Waals surface area contributed by atoms with Crippen LogP contribution in [0.4, 0.5) is 0 Å². The fourth-order valence-electron chi connectivity index (χ4n) is 3.95. The number of hydrogen-bond donors (Lipinski definition) is 3. The molecule has 7 nitrogen and oxygen atoms in total. The van der Waals surface area contributed by atoms with E-state index in [2.05, 4.69) is 43.8 Å². The van der Waals surface area contributed by atoms with E-state index in [-0.39, 0.29) is 6.10 Å². The van der Waals surface area contributed by atoms with Crippen LogP contribution in [0.25, 0.3) is 11.3 Å². The maximum Gasteiger partial charge on any atom is 0.191 e. The van der Waals surface area contributed by atoms with Gasteiger partial charge in [0.2, 0.25) is 0 Å². The van der Waals surface area contributed by atoms with Gasteiger partial charge in [-0.3, -0.25) is 4.99 Å². The number of hydrogen-bond acceptors (Lipinski definition) is 4. The van der Waals surface area contributed by atoms with Gasteiger partial charge in [0.25, 0.3) is 0 Å². The molecular weight excluding hydrogens is 402 g/mol. The third kappa shape index (κ3) is 5.41. The highest BCUT2D eigenvalue weighted by atomic mass is 16.5. The molecule has 0 saturated heterocycles. The Balaban J connectivity index is 1.36. The highest BCUT2D eigenvalue weighted by molar-refractivity contribution is 5.79. The van der Waals surface area contributed by atoms with Crippen molar-refractivity contribution in [3.8, 4) is 22.8 Å². The van der Waals surface area contributed by atoms with Gasteiger partial charge >= 0.3 is 0 Å². The van der Waals surface area contributed by atoms with E-state index in [0.717, 1.165) is 47.0 Å². The molecule has 3 N–H and O–H groups in total. The Bertz CT molecular complexity index is 1030. The summed E-state index contributed by atoms with van der Waals surface area (Å²) in [5.41, 5.74) is 3.15. The zero-order valence-electron chi connectivity index (χ0n) is 18.7. The van der Waals surface area contributed by atoms with Gasteiger partial charge in [0.15, 0.2) is 17.5 Å². The van der Waals surface area contributed by atoms with E-state index >= 15 is 0 Å². The molecule has 1 saturated carbocycles. The average Bonchev–Trinajstić information content (AvgIpc) is 3.53. The lowest BCUT2D eigenvalue weighted by atomic mass is 10.1. The van der Waals surface area contributed by atoms with Crippen LogP contribution in [-0.2, 0) is 13.1 Å². The Morgan fingerprint density at radius 1 is 1.06 bits per heavy atom. The van der Waals surface area contributed by atoms with Crippen molar-refractivity contribution in [1.82, 2.24) is 20.6 Å². The fraction of sp³-hybridized carbons (Fsp3) is 0.360. The van der Waals surface area contributed by atoms with E-state index in [0.29, 0.717) is 19.0 Å². The van der Waals surface area contributed by atoms with E-state index < -0.39 is 0 Å². The zero-order valence-corrected chi connectivity index (χ0v) is 18.7. The molecule has 0 aliphatic heterocycles. The van der Waals surface area contributed by atoms with Crippen LogP contribution in [0.3, 0.4) is 0 Å². The van der Waals surface area contributed by atoms with Gasteiger partial charge < -0.3 is 25.1 Å². The molecule has 1 heterocycles. The zero-order chi connectivity index (χ0) is 22.2. The molecule has 0 amide bonds. The van der Waals surface area contributed by atoms with E-state index in [1.54, 1.807) is 14.2 Å². The largest absolute Gasteiger partial charge is 0.493 e. The number of ether oxygens (including phenoxy) is 2. The van der Waals surface area contributed by atoms with Gasteiger partial charge in [0.1, 0.15) is 5.82 Å². The first-order valence-electron chi connectivity index (χ1n) is 11.1. The summed E-state index contributed by atoms with van der Waals surface area (Å²) in [4.78, 5) is 12.2. The van der Waals surface area contributed by atoms with Crippen LogP contribution in [0.5, 0.6) is 11.5 Å². The minimum atomic E-state index is 0.264. The molecule has 1 aromatic heterocycles. The Hall–Kier alpha value is -3.48. The Kier molecular flexibility index (Phi) is 7.27. The lowest BCUT2D eigenvalue weighted by molar-refractivity contribution is 0.198. The maximum atomic E-state index is 6.33. The standard InChI is InChI=1S/C25H31N5O2/c1-26-25(29-17-23-27-16-21(30-23)18-9-4-3-5-10-18)28-15-19-11-8-14-22(31-2)24(19)32-20-12-6-7-13-20/h3-5,8-11,14,16,20H,6-7,12-13,15,17H2,1-2H3,(H,27,30)(H2,26,28,29). The number of aliphatic imine (C=N–C) groups is 1. The molecule has 2 aromatic carbocycles. The van der Waals surface area contributed by atoms with Crippen molar-refractivity contribution in [2.75, 3.05) is 14.2 Å². The minimum Gasteiger partial charge on any atom is -0.493 e. The molecular formula is C25H31N5O2. The van der Waals surface area contributed by atoms with E-state index in [4.69, 9.17) is 9.47 Å². The van der Waals surface area contributed by atoms with Gasteiger partial charge in [0, 0.05) is 19.2 Å². The normalized spacial score (nSPS) is 14.4. The number of imidazole rings is 1. The molecule has 168 valence electrons. The molecule has 7 heteroatoms. The summed E-state index contributed by atoms with van der Waals surface area (Å²) in [5, 5.41) is 6.69. The summed E-state index contributed by atoms with van der Waals surface area (Å²) < 4.78 is 11.9. The summed E-state index contributed by atoms with van der Waals surface area (Å²) in [6.45, 7) is 1.11. The van der Waals surface area contributed by atoms with Crippen molar-refractivity contribution in [3.63, 3.8) is 0 Å². The number of aromatic amines is 1. The third-order valence-corrected chi connectivity index (χ3v) is 5.67. The molecule has 1 aliphatic rings. The second-order valence-corrected chi connectivity index (χ2v) is 7.86. The van der Waals surface area contributed by atoms with Crippen molar-refractivity contribution in [1.29, 1.82) is 0 Å². The highest BCUT2D eigenvalue weighted by Gasteiger charge is 2.20. The number of H-pyrrole nitrogens is 1. The first kappa shape index (κ1) is 21.7. The van der Waals surface area contributed by atoms with Crippen molar-refractivity contribution in [2.24, 2.45) is 4.99 Å². The number of rotatable bonds is 8. The van der Waals surface area contributed by atoms with E-state index in [1.807, 2.05) is 36.5 Å². The van der Waals surface area contributed by atoms with Gasteiger partial charge in [-0.1, -0.05) is 42.5 Å². The SMILES string of the molecule is CN=C(NCc1ncc(-c2ccccc2)[nH]1)NCc1cccc(OC)c1OC1CCCC1. The van der Waals surface area contributed by atoms with Crippen LogP contribution in [0.15, 0.2) is 59.7 Å². The van der Waals surface area contributed by atoms with Gasteiger partial charge in [0.05, 0.1) is 31.6 Å². The fourth-order valence-corrected chi connectivity index (χ4v) is 3.95. The molecule has 32 heavy (non-hydrogen) atoms. The monoisotopic (exact) mass is 433 g/mol. The number of nitrogens with zero attached hydrogens (tertiary/aromatic N) is 2. The predicted molar refractivity (Wildman–Crippen MR) is 127 cm³/mol. The van der Waals surface area contributed by atoms with Gasteiger partial charge in [-0.2, -0.15) is 0 Å². The molecule has 1 aliphatic carbocycles. The molecule has 0 spiro atoms. The lowest BCUT2D eigenvalue weighted by Gasteiger charge is -2.20. The number of para-hydroxylation sites is 1. The van der Waals surface area contributed by atoms with Gasteiger partial charge in [-0.15, -0.1) is 0 Å². The van der Waals surface area contributed by atoms with Crippen LogP contribution in [-0.4, -0.2) is 36.2 Å². The topological polar surface area (TPSA) is 83.6 Å². The number of aromatic nitrogens is 2. The van der Waals surface area contributed by atoms with Crippen LogP contribution in [0.1, 0.15) is 37.1 Å². The molecule has 3 aromatic rings. The number of nitrogens with one attached hydrogen (secondary N) is 3. The van der Waals surface area contributed by atoms with Crippen molar-refractivity contribution >= 4 is 5.96 Å². The van der Waals surface area contributed by atoms with Crippen LogP contribution >= 0.6 is 0 Å². The Labute approximate surface area is 189 Å². The van der Waals surface area contributed by atoms with E-state index in [9.17, 15) is 0 Å². The predicted octanol–water partition coefficient (Wildman–Crippen LogP) is 4.27. The van der Waals surface area contributed by atoms with Crippen molar-refractivity contribution in [3.05, 3.63) is 66.1 Å². The van der Waals surface area contributed by atoms with Crippen LogP contribution in [0.2, 0.25) is 0 Å². The van der Waals surface area contributed by atoms with Gasteiger partial charge in [-0.25, -0.2) is 4.98 Å². The highest BCUT2D eigenvalue weighted by Crippen LogP contribution is 2.34. The minimum absolute atomic E-state index is 0.264.